The van der Waals surface area contributed by atoms with Gasteiger partial charge in [0.15, 0.2) is 0 Å². The third-order valence-electron chi connectivity index (χ3n) is 4.54. The van der Waals surface area contributed by atoms with Crippen molar-refractivity contribution >= 4 is 28.3 Å². The number of carbonyl (C=O) groups is 1. The number of likely N-dealkylation sites (N-methyl/N-ethyl adjacent to an activating group) is 1. The van der Waals surface area contributed by atoms with Gasteiger partial charge in [0.1, 0.15) is 10.8 Å². The van der Waals surface area contributed by atoms with Gasteiger partial charge in [0, 0.05) is 19.5 Å². The van der Waals surface area contributed by atoms with Gasteiger partial charge in [0.2, 0.25) is 5.13 Å². The van der Waals surface area contributed by atoms with Gasteiger partial charge in [-0.3, -0.25) is 4.99 Å². The van der Waals surface area contributed by atoms with Crippen molar-refractivity contribution in [3.05, 3.63) is 5.01 Å². The molecule has 6 nitrogen and oxygen atoms in total. The van der Waals surface area contributed by atoms with E-state index in [-0.39, 0.29) is 6.03 Å². The maximum absolute atomic E-state index is 12.4. The van der Waals surface area contributed by atoms with Crippen LogP contribution in [-0.4, -0.2) is 47.1 Å². The lowest BCUT2D eigenvalue weighted by Gasteiger charge is -2.12. The van der Waals surface area contributed by atoms with Crippen LogP contribution in [0.2, 0.25) is 0 Å². The Hall–Kier alpha value is -1.50. The van der Waals surface area contributed by atoms with Gasteiger partial charge in [-0.05, 0) is 19.3 Å². The summed E-state index contributed by atoms with van der Waals surface area (Å²) < 4.78 is 0. The predicted molar refractivity (Wildman–Crippen MR) is 93.5 cm³/mol. The number of urea groups is 1. The molecule has 2 aliphatic rings. The Balaban J connectivity index is 1.75. The molecular formula is C16H25N5OS. The van der Waals surface area contributed by atoms with E-state index < -0.39 is 0 Å². The highest BCUT2D eigenvalue weighted by Crippen LogP contribution is 2.37. The third-order valence-corrected chi connectivity index (χ3v) is 5.61. The summed E-state index contributed by atoms with van der Waals surface area (Å²) in [5, 5.41) is 10.4. The Labute approximate surface area is 141 Å². The molecule has 1 saturated carbocycles. The van der Waals surface area contributed by atoms with E-state index in [1.54, 1.807) is 21.1 Å². The summed E-state index contributed by atoms with van der Waals surface area (Å²) in [7, 11) is 1.81. The number of hydrogen-bond acceptors (Lipinski definition) is 5. The number of carbonyl (C=O) groups excluding carboxylic acids is 1. The third kappa shape index (κ3) is 3.54. The molecule has 0 N–H and O–H groups in total. The molecule has 0 atom stereocenters. The van der Waals surface area contributed by atoms with Gasteiger partial charge in [-0.25, -0.2) is 9.69 Å². The zero-order valence-corrected chi connectivity index (χ0v) is 14.8. The first-order valence-corrected chi connectivity index (χ1v) is 9.44. The second-order valence-corrected chi connectivity index (χ2v) is 7.37. The Kier molecular flexibility index (Phi) is 5.25. The number of unbranched alkanes of at least 4 members (excludes halogenated alkanes) is 2. The molecule has 0 bridgehead atoms. The highest BCUT2D eigenvalue weighted by molar-refractivity contribution is 7.15. The van der Waals surface area contributed by atoms with Gasteiger partial charge in [0.25, 0.3) is 0 Å². The van der Waals surface area contributed by atoms with E-state index in [2.05, 4.69) is 22.1 Å². The fraction of sp³-hybridized carbons (Fsp3) is 0.750. The number of nitrogens with zero attached hydrogens (tertiary/aromatic N) is 5. The number of rotatable bonds is 6. The van der Waals surface area contributed by atoms with Crippen molar-refractivity contribution in [1.29, 1.82) is 0 Å². The first kappa shape index (κ1) is 16.4. The van der Waals surface area contributed by atoms with Crippen LogP contribution in [0.15, 0.2) is 4.99 Å². The largest absolute Gasteiger partial charge is 0.332 e. The first-order chi connectivity index (χ1) is 11.2. The predicted octanol–water partition coefficient (Wildman–Crippen LogP) is 3.66. The lowest BCUT2D eigenvalue weighted by molar-refractivity contribution is 0.229. The topological polar surface area (TPSA) is 61.7 Å². The highest BCUT2D eigenvalue weighted by atomic mass is 32.1. The zero-order valence-electron chi connectivity index (χ0n) is 14.0. The van der Waals surface area contributed by atoms with Crippen molar-refractivity contribution in [3.63, 3.8) is 0 Å². The monoisotopic (exact) mass is 335 g/mol. The van der Waals surface area contributed by atoms with E-state index in [0.717, 1.165) is 23.8 Å². The lowest BCUT2D eigenvalue weighted by atomic mass is 10.1. The minimum absolute atomic E-state index is 0.0478. The second-order valence-electron chi connectivity index (χ2n) is 6.38. The van der Waals surface area contributed by atoms with E-state index in [1.165, 1.54) is 38.5 Å². The van der Waals surface area contributed by atoms with Gasteiger partial charge in [-0.1, -0.05) is 43.9 Å². The van der Waals surface area contributed by atoms with Crippen LogP contribution in [0.3, 0.4) is 0 Å². The summed E-state index contributed by atoms with van der Waals surface area (Å²) in [6.07, 6.45) is 8.35. The second kappa shape index (κ2) is 7.38. The molecule has 7 heteroatoms. The van der Waals surface area contributed by atoms with Crippen molar-refractivity contribution in [2.45, 2.75) is 57.8 Å². The average molecular weight is 335 g/mol. The van der Waals surface area contributed by atoms with E-state index in [4.69, 9.17) is 0 Å². The number of amidine groups is 1. The van der Waals surface area contributed by atoms with E-state index >= 15 is 0 Å². The summed E-state index contributed by atoms with van der Waals surface area (Å²) in [6, 6.07) is -0.0478. The molecule has 0 radical (unpaired) electrons. The van der Waals surface area contributed by atoms with E-state index in [9.17, 15) is 4.79 Å². The number of anilines is 1. The SMILES string of the molecule is CCCCCN=C1CN(C)C(=O)N1c1nnc(C2CCCC2)s1. The lowest BCUT2D eigenvalue weighted by Crippen LogP contribution is -2.31. The summed E-state index contributed by atoms with van der Waals surface area (Å²) >= 11 is 1.56. The van der Waals surface area contributed by atoms with Crippen molar-refractivity contribution in [1.82, 2.24) is 15.1 Å². The van der Waals surface area contributed by atoms with E-state index in [0.29, 0.717) is 17.6 Å². The standard InChI is InChI=1S/C16H25N5OS/c1-3-4-7-10-17-13-11-20(2)16(22)21(13)15-19-18-14(23-15)12-8-5-6-9-12/h12H,3-11H2,1-2H3. The van der Waals surface area contributed by atoms with Crippen molar-refractivity contribution in [2.75, 3.05) is 25.0 Å². The van der Waals surface area contributed by atoms with Crippen LogP contribution in [-0.2, 0) is 0 Å². The quantitative estimate of drug-likeness (QED) is 0.745. The van der Waals surface area contributed by atoms with Crippen LogP contribution in [0.5, 0.6) is 0 Å². The molecule has 0 aromatic carbocycles. The van der Waals surface area contributed by atoms with Crippen LogP contribution in [0, 0.1) is 0 Å². The number of aliphatic imine (C=N–C) groups is 1. The van der Waals surface area contributed by atoms with Gasteiger partial charge in [-0.15, -0.1) is 10.2 Å². The number of amides is 2. The molecule has 2 heterocycles. The van der Waals surface area contributed by atoms with Crippen LogP contribution in [0.4, 0.5) is 9.93 Å². The molecule has 1 saturated heterocycles. The molecule has 1 aromatic rings. The van der Waals surface area contributed by atoms with Crippen LogP contribution in [0.25, 0.3) is 0 Å². The van der Waals surface area contributed by atoms with Crippen molar-refractivity contribution in [2.24, 2.45) is 4.99 Å². The number of hydrogen-bond donors (Lipinski definition) is 0. The molecule has 0 spiro atoms. The first-order valence-electron chi connectivity index (χ1n) is 8.62. The van der Waals surface area contributed by atoms with Crippen LogP contribution >= 0.6 is 11.3 Å². The molecular weight excluding hydrogens is 310 g/mol. The van der Waals surface area contributed by atoms with Crippen molar-refractivity contribution < 1.29 is 4.79 Å². The normalized spacial score (nSPS) is 21.1. The van der Waals surface area contributed by atoms with Crippen LogP contribution < -0.4 is 4.90 Å². The Morgan fingerprint density at radius 2 is 2.04 bits per heavy atom. The Morgan fingerprint density at radius 3 is 2.78 bits per heavy atom. The summed E-state index contributed by atoms with van der Waals surface area (Å²) in [5.41, 5.74) is 0. The molecule has 2 amide bonds. The average Bonchev–Trinajstić information content (AvgIpc) is 3.25. The minimum atomic E-state index is -0.0478. The zero-order chi connectivity index (χ0) is 16.2. The molecule has 23 heavy (non-hydrogen) atoms. The highest BCUT2D eigenvalue weighted by Gasteiger charge is 2.36. The number of aromatic nitrogens is 2. The summed E-state index contributed by atoms with van der Waals surface area (Å²) in [6.45, 7) is 3.51. The maximum atomic E-state index is 12.4. The maximum Gasteiger partial charge on any atom is 0.332 e. The fourth-order valence-electron chi connectivity index (χ4n) is 3.17. The van der Waals surface area contributed by atoms with Crippen LogP contribution in [0.1, 0.15) is 62.8 Å². The molecule has 126 valence electrons. The Morgan fingerprint density at radius 1 is 1.26 bits per heavy atom. The Bertz CT molecular complexity index is 579. The molecule has 0 unspecified atom stereocenters. The van der Waals surface area contributed by atoms with Gasteiger partial charge in [-0.2, -0.15) is 0 Å². The molecule has 3 rings (SSSR count). The minimum Gasteiger partial charge on any atom is -0.320 e. The van der Waals surface area contributed by atoms with E-state index in [1.807, 2.05) is 7.05 Å². The van der Waals surface area contributed by atoms with Crippen molar-refractivity contribution in [3.8, 4) is 0 Å². The fourth-order valence-corrected chi connectivity index (χ4v) is 4.20. The summed E-state index contributed by atoms with van der Waals surface area (Å²) in [4.78, 5) is 20.4. The molecule has 2 fully saturated rings. The molecule has 1 aromatic heterocycles. The van der Waals surface area contributed by atoms with Gasteiger partial charge in [0.05, 0.1) is 6.54 Å². The molecule has 1 aliphatic heterocycles. The van der Waals surface area contributed by atoms with Gasteiger partial charge < -0.3 is 4.90 Å². The molecule has 1 aliphatic carbocycles. The summed E-state index contributed by atoms with van der Waals surface area (Å²) in [5.74, 6) is 1.34. The smallest absolute Gasteiger partial charge is 0.320 e. The van der Waals surface area contributed by atoms with Gasteiger partial charge >= 0.3 is 6.03 Å².